The molecule has 0 fully saturated rings. The van der Waals surface area contributed by atoms with E-state index in [0.29, 0.717) is 23.4 Å². The lowest BCUT2D eigenvalue weighted by molar-refractivity contribution is -0.131. The minimum atomic E-state index is -0.672. The van der Waals surface area contributed by atoms with Gasteiger partial charge in [0.15, 0.2) is 0 Å². The molecule has 0 bridgehead atoms. The monoisotopic (exact) mass is 549 g/mol. The average molecular weight is 550 g/mol. The summed E-state index contributed by atoms with van der Waals surface area (Å²) >= 11 is 0. The largest absolute Gasteiger partial charge is 0.508 e. The fourth-order valence-corrected chi connectivity index (χ4v) is 4.55. The Morgan fingerprint density at radius 1 is 0.875 bits per heavy atom. The summed E-state index contributed by atoms with van der Waals surface area (Å²) in [4.78, 5) is 11.2. The molecule has 0 aliphatic heterocycles. The molecule has 40 heavy (non-hydrogen) atoms. The van der Waals surface area contributed by atoms with Crippen LogP contribution in [-0.2, 0) is 22.6 Å². The molecule has 216 valence electrons. The van der Waals surface area contributed by atoms with Gasteiger partial charge in [0.2, 0.25) is 0 Å². The lowest BCUT2D eigenvalue weighted by Gasteiger charge is -2.14. The molecule has 7 heteroatoms. The van der Waals surface area contributed by atoms with Crippen LogP contribution in [0.4, 0.5) is 0 Å². The van der Waals surface area contributed by atoms with Crippen molar-refractivity contribution in [3.05, 3.63) is 83.4 Å². The van der Waals surface area contributed by atoms with Gasteiger partial charge >= 0.3 is 5.97 Å². The van der Waals surface area contributed by atoms with Gasteiger partial charge in [0.25, 0.3) is 0 Å². The molecular weight excluding hydrogens is 506 g/mol. The van der Waals surface area contributed by atoms with E-state index in [1.165, 1.54) is 18.6 Å². The number of hydrogen-bond acceptors (Lipinski definition) is 7. The Bertz CT molecular complexity index is 1180. The number of aliphatic hydroxyl groups excluding tert-OH is 2. The summed E-state index contributed by atoms with van der Waals surface area (Å²) < 4.78 is 11.0. The highest BCUT2D eigenvalue weighted by atomic mass is 16.5. The van der Waals surface area contributed by atoms with Gasteiger partial charge in [0.1, 0.15) is 11.5 Å². The zero-order valence-corrected chi connectivity index (χ0v) is 23.5. The normalized spacial score (nSPS) is 11.9. The maximum absolute atomic E-state index is 11.2. The topological polar surface area (TPSA) is 108 Å². The quantitative estimate of drug-likeness (QED) is 0.0916. The van der Waals surface area contributed by atoms with E-state index in [9.17, 15) is 20.1 Å². The Hall–Kier alpha value is -3.23. The number of unbranched alkanes of at least 4 members (excludes halogenated alkanes) is 4. The first kappa shape index (κ1) is 31.3. The standard InChI is InChI=1S/C33H43NO6/c1-25(36)40-31-14-9-13-28(22-31)27-12-8-11-26(20-27)10-4-7-19-39-18-6-3-2-5-17-34-23-33(38)29-15-16-32(37)30(21-29)24-35/h8-9,11-16,20-22,33-35,37-38H,2-7,10,17-19,23-24H2,1H3/t33-/m0/s1. The minimum absolute atomic E-state index is 0.0410. The highest BCUT2D eigenvalue weighted by molar-refractivity contribution is 5.71. The second-order valence-electron chi connectivity index (χ2n) is 10.1. The minimum Gasteiger partial charge on any atom is -0.508 e. The van der Waals surface area contributed by atoms with Gasteiger partial charge in [0.05, 0.1) is 12.7 Å². The molecule has 0 aromatic heterocycles. The van der Waals surface area contributed by atoms with E-state index in [1.807, 2.05) is 18.2 Å². The van der Waals surface area contributed by atoms with Gasteiger partial charge in [0, 0.05) is 32.2 Å². The number of rotatable bonds is 18. The molecule has 0 heterocycles. The number of aliphatic hydroxyl groups is 2. The lowest BCUT2D eigenvalue weighted by Crippen LogP contribution is -2.22. The van der Waals surface area contributed by atoms with Crippen molar-refractivity contribution < 1.29 is 29.6 Å². The Morgan fingerprint density at radius 3 is 2.38 bits per heavy atom. The molecule has 3 aromatic rings. The van der Waals surface area contributed by atoms with Crippen LogP contribution >= 0.6 is 0 Å². The molecule has 4 N–H and O–H groups in total. The molecule has 7 nitrogen and oxygen atoms in total. The fraction of sp³-hybridized carbons (Fsp3) is 0.424. The number of benzene rings is 3. The molecule has 0 spiro atoms. The number of carbonyl (C=O) groups excluding carboxylic acids is 1. The van der Waals surface area contributed by atoms with Gasteiger partial charge < -0.3 is 30.1 Å². The van der Waals surface area contributed by atoms with Crippen molar-refractivity contribution >= 4 is 5.97 Å². The van der Waals surface area contributed by atoms with Crippen molar-refractivity contribution in [3.8, 4) is 22.6 Å². The van der Waals surface area contributed by atoms with E-state index in [4.69, 9.17) is 9.47 Å². The highest BCUT2D eigenvalue weighted by Crippen LogP contribution is 2.25. The van der Waals surface area contributed by atoms with E-state index in [2.05, 4.69) is 29.6 Å². The number of esters is 1. The van der Waals surface area contributed by atoms with Gasteiger partial charge in [-0.3, -0.25) is 4.79 Å². The molecular formula is C33H43NO6. The van der Waals surface area contributed by atoms with Crippen LogP contribution < -0.4 is 10.1 Å². The van der Waals surface area contributed by atoms with Gasteiger partial charge in [-0.2, -0.15) is 0 Å². The van der Waals surface area contributed by atoms with E-state index >= 15 is 0 Å². The molecule has 3 rings (SSSR count). The zero-order chi connectivity index (χ0) is 28.6. The average Bonchev–Trinajstić information content (AvgIpc) is 2.95. The van der Waals surface area contributed by atoms with Gasteiger partial charge in [-0.25, -0.2) is 0 Å². The molecule has 0 aliphatic carbocycles. The van der Waals surface area contributed by atoms with Crippen molar-refractivity contribution in [1.29, 1.82) is 0 Å². The predicted molar refractivity (Wildman–Crippen MR) is 157 cm³/mol. The summed E-state index contributed by atoms with van der Waals surface area (Å²) in [5.41, 5.74) is 4.54. The van der Waals surface area contributed by atoms with Crippen molar-refractivity contribution in [2.24, 2.45) is 0 Å². The van der Waals surface area contributed by atoms with Crippen LogP contribution in [0.5, 0.6) is 11.5 Å². The second-order valence-corrected chi connectivity index (χ2v) is 10.1. The Morgan fingerprint density at radius 2 is 1.60 bits per heavy atom. The molecule has 0 aliphatic rings. The molecule has 0 saturated carbocycles. The summed E-state index contributed by atoms with van der Waals surface area (Å²) in [7, 11) is 0. The van der Waals surface area contributed by atoms with E-state index in [-0.39, 0.29) is 18.3 Å². The van der Waals surface area contributed by atoms with E-state index in [1.54, 1.807) is 18.2 Å². The number of carbonyl (C=O) groups is 1. The zero-order valence-electron chi connectivity index (χ0n) is 23.5. The Labute approximate surface area is 237 Å². The van der Waals surface area contributed by atoms with Gasteiger partial charge in [-0.05, 0) is 85.2 Å². The molecule has 0 saturated heterocycles. The second kappa shape index (κ2) is 17.5. The number of aromatic hydroxyl groups is 1. The van der Waals surface area contributed by atoms with Gasteiger partial charge in [-0.1, -0.05) is 55.3 Å². The van der Waals surface area contributed by atoms with Crippen LogP contribution in [0.2, 0.25) is 0 Å². The Balaban J connectivity index is 1.19. The SMILES string of the molecule is CC(=O)Oc1cccc(-c2cccc(CCCCOCCCCCCNC[C@H](O)c3ccc(O)c(CO)c3)c2)c1. The van der Waals surface area contributed by atoms with Crippen molar-refractivity contribution in [3.63, 3.8) is 0 Å². The number of phenols is 1. The van der Waals surface area contributed by atoms with Gasteiger partial charge in [-0.15, -0.1) is 0 Å². The number of hydrogen-bond donors (Lipinski definition) is 4. The van der Waals surface area contributed by atoms with E-state index in [0.717, 1.165) is 75.8 Å². The number of ether oxygens (including phenoxy) is 2. The smallest absolute Gasteiger partial charge is 0.308 e. The fourth-order valence-electron chi connectivity index (χ4n) is 4.55. The van der Waals surface area contributed by atoms with Crippen molar-refractivity contribution in [2.75, 3.05) is 26.3 Å². The predicted octanol–water partition coefficient (Wildman–Crippen LogP) is 5.70. The molecule has 0 radical (unpaired) electrons. The van der Waals surface area contributed by atoms with Crippen molar-refractivity contribution in [2.45, 2.75) is 64.6 Å². The van der Waals surface area contributed by atoms with Crippen LogP contribution in [0.25, 0.3) is 11.1 Å². The third-order valence-electron chi connectivity index (χ3n) is 6.75. The number of aryl methyl sites for hydroxylation is 1. The third kappa shape index (κ3) is 11.1. The first-order chi connectivity index (χ1) is 19.5. The van der Waals surface area contributed by atoms with Crippen molar-refractivity contribution in [1.82, 2.24) is 5.32 Å². The van der Waals surface area contributed by atoms with Crippen LogP contribution in [-0.4, -0.2) is 47.6 Å². The first-order valence-electron chi connectivity index (χ1n) is 14.2. The molecule has 1 atom stereocenters. The highest BCUT2D eigenvalue weighted by Gasteiger charge is 2.10. The molecule has 0 amide bonds. The van der Waals surface area contributed by atoms with Crippen LogP contribution in [0.3, 0.4) is 0 Å². The lowest BCUT2D eigenvalue weighted by atomic mass is 10.0. The van der Waals surface area contributed by atoms with E-state index < -0.39 is 6.10 Å². The maximum atomic E-state index is 11.2. The maximum Gasteiger partial charge on any atom is 0.308 e. The number of nitrogens with one attached hydrogen (secondary N) is 1. The summed E-state index contributed by atoms with van der Waals surface area (Å²) in [6, 6.07) is 20.9. The molecule has 0 unspecified atom stereocenters. The van der Waals surface area contributed by atoms with Crippen LogP contribution in [0.1, 0.15) is 68.2 Å². The first-order valence-corrected chi connectivity index (χ1v) is 14.2. The Kier molecular flexibility index (Phi) is 13.7. The van der Waals surface area contributed by atoms with Crippen LogP contribution in [0.15, 0.2) is 66.7 Å². The molecule has 3 aromatic carbocycles. The summed E-state index contributed by atoms with van der Waals surface area (Å²) in [6.07, 6.45) is 6.74. The third-order valence-corrected chi connectivity index (χ3v) is 6.75. The summed E-state index contributed by atoms with van der Waals surface area (Å²) in [5, 5.41) is 32.4. The summed E-state index contributed by atoms with van der Waals surface area (Å²) in [6.45, 7) is 3.99. The van der Waals surface area contributed by atoms with Crippen LogP contribution in [0, 0.1) is 0 Å². The summed E-state index contributed by atoms with van der Waals surface area (Å²) in [5.74, 6) is 0.282.